The summed E-state index contributed by atoms with van der Waals surface area (Å²) in [6.45, 7) is 3.72. The van der Waals surface area contributed by atoms with Crippen LogP contribution in [0.15, 0.2) is 0 Å². The zero-order valence-electron chi connectivity index (χ0n) is 11.0. The number of alkyl carbamates (subject to hydrolysis) is 1. The van der Waals surface area contributed by atoms with Crippen LogP contribution in [0.5, 0.6) is 0 Å². The van der Waals surface area contributed by atoms with E-state index < -0.39 is 6.09 Å². The third-order valence-corrected chi connectivity index (χ3v) is 3.11. The molecule has 1 atom stereocenters. The Morgan fingerprint density at radius 1 is 1.44 bits per heavy atom. The van der Waals surface area contributed by atoms with Crippen LogP contribution < -0.4 is 11.1 Å². The fourth-order valence-electron chi connectivity index (χ4n) is 2.29. The van der Waals surface area contributed by atoms with Gasteiger partial charge >= 0.3 is 6.09 Å². The Morgan fingerprint density at radius 2 is 2.22 bits per heavy atom. The highest BCUT2D eigenvalue weighted by atomic mass is 16.5. The molecule has 0 aromatic rings. The van der Waals surface area contributed by atoms with Crippen LogP contribution in [0, 0.1) is 0 Å². The SMILES string of the molecule is CCOC(=O)NC(=O)CN1CCCCC1CCN. The average molecular weight is 257 g/mol. The van der Waals surface area contributed by atoms with Gasteiger partial charge in [0.05, 0.1) is 13.2 Å². The summed E-state index contributed by atoms with van der Waals surface area (Å²) in [4.78, 5) is 24.9. The molecule has 104 valence electrons. The molecule has 1 fully saturated rings. The molecule has 1 heterocycles. The van der Waals surface area contributed by atoms with E-state index in [1.54, 1.807) is 6.92 Å². The zero-order valence-corrected chi connectivity index (χ0v) is 11.0. The van der Waals surface area contributed by atoms with E-state index in [2.05, 4.69) is 15.0 Å². The molecule has 0 aromatic carbocycles. The summed E-state index contributed by atoms with van der Waals surface area (Å²) in [6, 6.07) is 0.358. The molecule has 1 saturated heterocycles. The van der Waals surface area contributed by atoms with Gasteiger partial charge in [0.15, 0.2) is 0 Å². The topological polar surface area (TPSA) is 84.7 Å². The number of nitrogens with zero attached hydrogens (tertiary/aromatic N) is 1. The van der Waals surface area contributed by atoms with E-state index in [0.29, 0.717) is 12.6 Å². The number of likely N-dealkylation sites (tertiary alicyclic amines) is 1. The lowest BCUT2D eigenvalue weighted by Crippen LogP contribution is -2.47. The third kappa shape index (κ3) is 5.01. The Labute approximate surface area is 108 Å². The number of carbonyl (C=O) groups excluding carboxylic acids is 2. The van der Waals surface area contributed by atoms with Crippen LogP contribution in [0.4, 0.5) is 4.79 Å². The molecule has 6 heteroatoms. The van der Waals surface area contributed by atoms with E-state index in [9.17, 15) is 9.59 Å². The van der Waals surface area contributed by atoms with Gasteiger partial charge in [0.1, 0.15) is 0 Å². The van der Waals surface area contributed by atoms with Crippen LogP contribution in [0.1, 0.15) is 32.6 Å². The van der Waals surface area contributed by atoms with E-state index in [-0.39, 0.29) is 19.1 Å². The molecule has 0 aromatic heterocycles. The summed E-state index contributed by atoms with van der Waals surface area (Å²) in [7, 11) is 0. The van der Waals surface area contributed by atoms with Crippen molar-refractivity contribution in [1.29, 1.82) is 0 Å². The molecule has 1 aliphatic rings. The lowest BCUT2D eigenvalue weighted by atomic mass is 9.99. The second-order valence-electron chi connectivity index (χ2n) is 4.47. The summed E-state index contributed by atoms with van der Waals surface area (Å²) >= 11 is 0. The van der Waals surface area contributed by atoms with Crippen molar-refractivity contribution in [3.05, 3.63) is 0 Å². The monoisotopic (exact) mass is 257 g/mol. The highest BCUT2D eigenvalue weighted by Gasteiger charge is 2.24. The van der Waals surface area contributed by atoms with Crippen LogP contribution in [0.2, 0.25) is 0 Å². The van der Waals surface area contributed by atoms with Gasteiger partial charge in [-0.05, 0) is 39.3 Å². The van der Waals surface area contributed by atoms with Gasteiger partial charge in [-0.1, -0.05) is 6.42 Å². The molecule has 0 saturated carbocycles. The lowest BCUT2D eigenvalue weighted by Gasteiger charge is -2.34. The molecule has 0 aliphatic carbocycles. The number of rotatable bonds is 5. The number of nitrogens with two attached hydrogens (primary N) is 1. The van der Waals surface area contributed by atoms with Gasteiger partial charge in [-0.15, -0.1) is 0 Å². The minimum absolute atomic E-state index is 0.240. The highest BCUT2D eigenvalue weighted by molar-refractivity contribution is 5.92. The summed E-state index contributed by atoms with van der Waals surface area (Å²) < 4.78 is 4.67. The molecule has 0 spiro atoms. The van der Waals surface area contributed by atoms with Gasteiger partial charge in [-0.25, -0.2) is 4.79 Å². The van der Waals surface area contributed by atoms with Crippen LogP contribution in [0.25, 0.3) is 0 Å². The Bertz CT molecular complexity index is 282. The summed E-state index contributed by atoms with van der Waals surface area (Å²) in [6.07, 6.45) is 3.57. The number of nitrogens with one attached hydrogen (secondary N) is 1. The van der Waals surface area contributed by atoms with Crippen molar-refractivity contribution < 1.29 is 14.3 Å². The summed E-state index contributed by atoms with van der Waals surface area (Å²) in [5.41, 5.74) is 5.57. The van der Waals surface area contributed by atoms with Crippen molar-refractivity contribution in [3.63, 3.8) is 0 Å². The van der Waals surface area contributed by atoms with Crippen molar-refractivity contribution >= 4 is 12.0 Å². The Hall–Kier alpha value is -1.14. The minimum Gasteiger partial charge on any atom is -0.450 e. The van der Waals surface area contributed by atoms with Crippen molar-refractivity contribution in [1.82, 2.24) is 10.2 Å². The number of imide groups is 1. The van der Waals surface area contributed by atoms with Gasteiger partial charge < -0.3 is 10.5 Å². The maximum Gasteiger partial charge on any atom is 0.413 e. The van der Waals surface area contributed by atoms with Crippen LogP contribution >= 0.6 is 0 Å². The van der Waals surface area contributed by atoms with Crippen LogP contribution in [-0.2, 0) is 9.53 Å². The molecule has 1 unspecified atom stereocenters. The smallest absolute Gasteiger partial charge is 0.413 e. The number of ether oxygens (including phenoxy) is 1. The van der Waals surface area contributed by atoms with E-state index in [0.717, 1.165) is 25.8 Å². The second kappa shape index (κ2) is 8.05. The predicted molar refractivity (Wildman–Crippen MR) is 68.0 cm³/mol. The van der Waals surface area contributed by atoms with E-state index in [1.807, 2.05) is 0 Å². The number of amides is 2. The van der Waals surface area contributed by atoms with Crippen LogP contribution in [0.3, 0.4) is 0 Å². The minimum atomic E-state index is -0.671. The van der Waals surface area contributed by atoms with Crippen molar-refractivity contribution in [3.8, 4) is 0 Å². The van der Waals surface area contributed by atoms with E-state index >= 15 is 0 Å². The average Bonchev–Trinajstić information content (AvgIpc) is 2.32. The Morgan fingerprint density at radius 3 is 2.89 bits per heavy atom. The first-order valence-corrected chi connectivity index (χ1v) is 6.58. The number of hydrogen-bond acceptors (Lipinski definition) is 5. The number of hydrogen-bond donors (Lipinski definition) is 2. The molecule has 1 aliphatic heterocycles. The first-order valence-electron chi connectivity index (χ1n) is 6.58. The molecule has 1 rings (SSSR count). The Balaban J connectivity index is 2.38. The van der Waals surface area contributed by atoms with Gasteiger partial charge in [-0.3, -0.25) is 15.0 Å². The van der Waals surface area contributed by atoms with Crippen molar-refractivity contribution in [2.24, 2.45) is 5.73 Å². The standard InChI is InChI=1S/C12H23N3O3/c1-2-18-12(17)14-11(16)9-15-8-4-3-5-10(15)6-7-13/h10H,2-9,13H2,1H3,(H,14,16,17). The van der Waals surface area contributed by atoms with Crippen molar-refractivity contribution in [2.45, 2.75) is 38.6 Å². The maximum absolute atomic E-state index is 11.7. The molecule has 0 radical (unpaired) electrons. The van der Waals surface area contributed by atoms with Gasteiger partial charge in [0.25, 0.3) is 0 Å². The first kappa shape index (κ1) is 14.9. The van der Waals surface area contributed by atoms with Crippen LogP contribution in [-0.4, -0.2) is 49.2 Å². The number of carbonyl (C=O) groups is 2. The van der Waals surface area contributed by atoms with E-state index in [1.165, 1.54) is 6.42 Å². The molecule has 3 N–H and O–H groups in total. The quantitative estimate of drug-likeness (QED) is 0.747. The summed E-state index contributed by atoms with van der Waals surface area (Å²) in [5.74, 6) is -0.308. The fourth-order valence-corrected chi connectivity index (χ4v) is 2.29. The lowest BCUT2D eigenvalue weighted by molar-refractivity contribution is -0.122. The molecule has 18 heavy (non-hydrogen) atoms. The fraction of sp³-hybridized carbons (Fsp3) is 0.833. The normalized spacial score (nSPS) is 20.4. The van der Waals surface area contributed by atoms with E-state index in [4.69, 9.17) is 5.73 Å². The van der Waals surface area contributed by atoms with Gasteiger partial charge in [0, 0.05) is 6.04 Å². The highest BCUT2D eigenvalue weighted by Crippen LogP contribution is 2.18. The first-order chi connectivity index (χ1) is 8.67. The molecule has 2 amide bonds. The largest absolute Gasteiger partial charge is 0.450 e. The van der Waals surface area contributed by atoms with Gasteiger partial charge in [-0.2, -0.15) is 0 Å². The molecular formula is C12H23N3O3. The molecular weight excluding hydrogens is 234 g/mol. The third-order valence-electron chi connectivity index (χ3n) is 3.11. The molecule has 6 nitrogen and oxygen atoms in total. The number of piperidine rings is 1. The molecule has 0 bridgehead atoms. The Kier molecular flexibility index (Phi) is 6.67. The summed E-state index contributed by atoms with van der Waals surface area (Å²) in [5, 5.41) is 2.22. The zero-order chi connectivity index (χ0) is 13.4. The van der Waals surface area contributed by atoms with Crippen molar-refractivity contribution in [2.75, 3.05) is 26.2 Å². The maximum atomic E-state index is 11.7. The predicted octanol–water partition coefficient (Wildman–Crippen LogP) is 0.462. The second-order valence-corrected chi connectivity index (χ2v) is 4.47. The van der Waals surface area contributed by atoms with Gasteiger partial charge in [0.2, 0.25) is 5.91 Å².